The molecule has 0 aromatic heterocycles. The maximum absolute atomic E-state index is 13.6. The SMILES string of the molecule is N#Cc1cccc(F)c1S(=O)Cc1ccccc1. The predicted molar refractivity (Wildman–Crippen MR) is 67.7 cm³/mol. The van der Waals surface area contributed by atoms with Crippen LogP contribution in [-0.4, -0.2) is 4.21 Å². The summed E-state index contributed by atoms with van der Waals surface area (Å²) in [7, 11) is -1.55. The minimum atomic E-state index is -1.55. The van der Waals surface area contributed by atoms with Crippen LogP contribution < -0.4 is 0 Å². The molecule has 0 aliphatic rings. The second kappa shape index (κ2) is 5.56. The average molecular weight is 259 g/mol. The molecule has 0 radical (unpaired) electrons. The van der Waals surface area contributed by atoms with Crippen LogP contribution in [0.4, 0.5) is 4.39 Å². The molecule has 18 heavy (non-hydrogen) atoms. The Morgan fingerprint density at radius 2 is 1.83 bits per heavy atom. The number of nitrogens with zero attached hydrogens (tertiary/aromatic N) is 1. The number of hydrogen-bond acceptors (Lipinski definition) is 2. The minimum absolute atomic E-state index is 0.0103. The van der Waals surface area contributed by atoms with Crippen LogP contribution in [0.2, 0.25) is 0 Å². The van der Waals surface area contributed by atoms with Gasteiger partial charge in [-0.3, -0.25) is 4.21 Å². The molecule has 4 heteroatoms. The van der Waals surface area contributed by atoms with Gasteiger partial charge in [0, 0.05) is 0 Å². The molecule has 2 aromatic rings. The van der Waals surface area contributed by atoms with Crippen LogP contribution >= 0.6 is 0 Å². The van der Waals surface area contributed by atoms with Crippen molar-refractivity contribution in [3.63, 3.8) is 0 Å². The van der Waals surface area contributed by atoms with Gasteiger partial charge < -0.3 is 0 Å². The van der Waals surface area contributed by atoms with Gasteiger partial charge in [0.1, 0.15) is 11.9 Å². The largest absolute Gasteiger partial charge is 0.254 e. The summed E-state index contributed by atoms with van der Waals surface area (Å²) in [5.41, 5.74) is 0.979. The van der Waals surface area contributed by atoms with E-state index < -0.39 is 16.6 Å². The summed E-state index contributed by atoms with van der Waals surface area (Å²) in [5, 5.41) is 8.91. The summed E-state index contributed by atoms with van der Waals surface area (Å²) in [4.78, 5) is -0.0103. The molecule has 0 spiro atoms. The molecular formula is C14H10FNOS. The zero-order valence-electron chi connectivity index (χ0n) is 9.47. The Hall–Kier alpha value is -1.99. The van der Waals surface area contributed by atoms with Crippen molar-refractivity contribution < 1.29 is 8.60 Å². The van der Waals surface area contributed by atoms with E-state index in [0.29, 0.717) is 0 Å². The number of rotatable bonds is 3. The van der Waals surface area contributed by atoms with Crippen molar-refractivity contribution in [3.05, 3.63) is 65.5 Å². The second-order valence-electron chi connectivity index (χ2n) is 3.70. The highest BCUT2D eigenvalue weighted by atomic mass is 32.2. The fourth-order valence-electron chi connectivity index (χ4n) is 1.63. The lowest BCUT2D eigenvalue weighted by molar-refractivity contribution is 0.594. The molecule has 90 valence electrons. The van der Waals surface area contributed by atoms with Gasteiger partial charge in [0.25, 0.3) is 0 Å². The van der Waals surface area contributed by atoms with E-state index in [-0.39, 0.29) is 16.2 Å². The Morgan fingerprint density at radius 1 is 1.11 bits per heavy atom. The van der Waals surface area contributed by atoms with Gasteiger partial charge in [-0.2, -0.15) is 5.26 Å². The fourth-order valence-corrected chi connectivity index (χ4v) is 2.91. The summed E-state index contributed by atoms with van der Waals surface area (Å²) in [6.07, 6.45) is 0. The first kappa shape index (κ1) is 12.5. The molecule has 1 unspecified atom stereocenters. The lowest BCUT2D eigenvalue weighted by Crippen LogP contribution is -2.02. The van der Waals surface area contributed by atoms with Gasteiger partial charge >= 0.3 is 0 Å². The molecule has 0 aliphatic heterocycles. The first-order chi connectivity index (χ1) is 8.72. The van der Waals surface area contributed by atoms with Crippen molar-refractivity contribution in [1.29, 1.82) is 5.26 Å². The first-order valence-corrected chi connectivity index (χ1v) is 6.65. The number of halogens is 1. The number of nitriles is 1. The summed E-state index contributed by atoms with van der Waals surface area (Å²) >= 11 is 0. The summed E-state index contributed by atoms with van der Waals surface area (Å²) < 4.78 is 25.8. The van der Waals surface area contributed by atoms with E-state index in [1.54, 1.807) is 0 Å². The van der Waals surface area contributed by atoms with E-state index >= 15 is 0 Å². The molecule has 0 amide bonds. The summed E-state index contributed by atoms with van der Waals surface area (Å²) in [5.74, 6) is -0.389. The molecule has 1 atom stereocenters. The van der Waals surface area contributed by atoms with Gasteiger partial charge in [0.05, 0.1) is 27.0 Å². The van der Waals surface area contributed by atoms with Crippen LogP contribution in [-0.2, 0) is 16.6 Å². The van der Waals surface area contributed by atoms with Gasteiger partial charge in [0.2, 0.25) is 0 Å². The Morgan fingerprint density at radius 3 is 2.50 bits per heavy atom. The summed E-state index contributed by atoms with van der Waals surface area (Å²) in [6, 6.07) is 15.2. The normalized spacial score (nSPS) is 11.8. The third-order valence-corrected chi connectivity index (χ3v) is 3.92. The molecule has 0 aliphatic carbocycles. The van der Waals surface area contributed by atoms with Crippen molar-refractivity contribution in [2.75, 3.05) is 0 Å². The fraction of sp³-hybridized carbons (Fsp3) is 0.0714. The highest BCUT2D eigenvalue weighted by molar-refractivity contribution is 7.84. The molecule has 2 nitrogen and oxygen atoms in total. The zero-order chi connectivity index (χ0) is 13.0. The lowest BCUT2D eigenvalue weighted by atomic mass is 10.2. The van der Waals surface area contributed by atoms with E-state index in [4.69, 9.17) is 5.26 Å². The molecule has 0 saturated heterocycles. The van der Waals surface area contributed by atoms with Crippen LogP contribution in [0, 0.1) is 17.1 Å². The van der Waals surface area contributed by atoms with Crippen LogP contribution in [0.25, 0.3) is 0 Å². The van der Waals surface area contributed by atoms with E-state index in [9.17, 15) is 8.60 Å². The van der Waals surface area contributed by atoms with Gasteiger partial charge in [-0.15, -0.1) is 0 Å². The van der Waals surface area contributed by atoms with Gasteiger partial charge in [-0.25, -0.2) is 4.39 Å². The molecule has 2 rings (SSSR count). The van der Waals surface area contributed by atoms with Crippen LogP contribution in [0.1, 0.15) is 11.1 Å². The number of benzene rings is 2. The smallest absolute Gasteiger partial charge is 0.140 e. The maximum Gasteiger partial charge on any atom is 0.140 e. The van der Waals surface area contributed by atoms with Crippen LogP contribution in [0.5, 0.6) is 0 Å². The number of hydrogen-bond donors (Lipinski definition) is 0. The lowest BCUT2D eigenvalue weighted by Gasteiger charge is -2.05. The molecule has 0 fully saturated rings. The Labute approximate surface area is 107 Å². The van der Waals surface area contributed by atoms with Crippen molar-refractivity contribution in [1.82, 2.24) is 0 Å². The Balaban J connectivity index is 2.33. The molecule has 0 saturated carbocycles. The molecule has 0 heterocycles. The highest BCUT2D eigenvalue weighted by Crippen LogP contribution is 2.20. The predicted octanol–water partition coefficient (Wildman–Crippen LogP) is 3.01. The highest BCUT2D eigenvalue weighted by Gasteiger charge is 2.15. The Kier molecular flexibility index (Phi) is 3.85. The van der Waals surface area contributed by atoms with Crippen molar-refractivity contribution in [2.45, 2.75) is 10.6 Å². The minimum Gasteiger partial charge on any atom is -0.254 e. The van der Waals surface area contributed by atoms with E-state index in [2.05, 4.69) is 0 Å². The molecule has 0 bridgehead atoms. The van der Waals surface area contributed by atoms with E-state index in [1.165, 1.54) is 18.2 Å². The van der Waals surface area contributed by atoms with Gasteiger partial charge in [0.15, 0.2) is 0 Å². The zero-order valence-corrected chi connectivity index (χ0v) is 10.3. The maximum atomic E-state index is 13.6. The second-order valence-corrected chi connectivity index (χ2v) is 5.09. The third-order valence-electron chi connectivity index (χ3n) is 2.46. The molecule has 2 aromatic carbocycles. The summed E-state index contributed by atoms with van der Waals surface area (Å²) in [6.45, 7) is 0. The van der Waals surface area contributed by atoms with E-state index in [1.807, 2.05) is 36.4 Å². The van der Waals surface area contributed by atoms with E-state index in [0.717, 1.165) is 5.56 Å². The average Bonchev–Trinajstić information content (AvgIpc) is 2.39. The van der Waals surface area contributed by atoms with Crippen LogP contribution in [0.15, 0.2) is 53.4 Å². The van der Waals surface area contributed by atoms with Crippen molar-refractivity contribution in [2.24, 2.45) is 0 Å². The topological polar surface area (TPSA) is 40.9 Å². The van der Waals surface area contributed by atoms with Crippen molar-refractivity contribution in [3.8, 4) is 6.07 Å². The molecule has 0 N–H and O–H groups in total. The first-order valence-electron chi connectivity index (χ1n) is 5.33. The third kappa shape index (κ3) is 2.63. The van der Waals surface area contributed by atoms with Crippen LogP contribution in [0.3, 0.4) is 0 Å². The Bertz CT molecular complexity index is 619. The van der Waals surface area contributed by atoms with Crippen molar-refractivity contribution >= 4 is 10.8 Å². The standard InChI is InChI=1S/C14H10FNOS/c15-13-8-4-7-12(9-16)14(13)18(17)10-11-5-2-1-3-6-11/h1-8H,10H2. The van der Waals surface area contributed by atoms with Gasteiger partial charge in [-0.1, -0.05) is 36.4 Å². The monoisotopic (exact) mass is 259 g/mol. The quantitative estimate of drug-likeness (QED) is 0.850. The molecular weight excluding hydrogens is 249 g/mol. The van der Waals surface area contributed by atoms with Gasteiger partial charge in [-0.05, 0) is 17.7 Å².